The molecular weight excluding hydrogens is 180 g/mol. The molecule has 4 heteroatoms. The van der Waals surface area contributed by atoms with E-state index < -0.39 is 0 Å². The van der Waals surface area contributed by atoms with E-state index in [1.165, 1.54) is 0 Å². The summed E-state index contributed by atoms with van der Waals surface area (Å²) in [4.78, 5) is 3.10. The zero-order valence-corrected chi connectivity index (χ0v) is 7.87. The number of hydrogen-bond donors (Lipinski definition) is 3. The number of phenolic OH excluding ortho intramolecular Hbond substituents is 1. The number of phenols is 1. The van der Waals surface area contributed by atoms with Crippen LogP contribution in [0.2, 0.25) is 0 Å². The van der Waals surface area contributed by atoms with Gasteiger partial charge in [0.2, 0.25) is 0 Å². The molecule has 74 valence electrons. The topological polar surface area (TPSA) is 71.3 Å². The molecule has 0 aliphatic rings. The Kier molecular flexibility index (Phi) is 2.05. The molecule has 1 heterocycles. The number of benzene rings is 1. The number of fused-ring (bicyclic) bond motifs is 1. The van der Waals surface area contributed by atoms with Crippen molar-refractivity contribution in [3.05, 3.63) is 23.9 Å². The van der Waals surface area contributed by atoms with Gasteiger partial charge in [-0.05, 0) is 6.07 Å². The van der Waals surface area contributed by atoms with Crippen molar-refractivity contribution in [1.82, 2.24) is 4.98 Å². The summed E-state index contributed by atoms with van der Waals surface area (Å²) < 4.78 is 5.03. The van der Waals surface area contributed by atoms with Crippen LogP contribution in [0, 0.1) is 0 Å². The number of rotatable bonds is 2. The van der Waals surface area contributed by atoms with E-state index in [9.17, 15) is 5.11 Å². The molecule has 0 aliphatic heterocycles. The maximum atomic E-state index is 9.65. The average molecular weight is 192 g/mol. The number of ether oxygens (including phenoxy) is 1. The Balaban J connectivity index is 2.67. The maximum absolute atomic E-state index is 9.65. The van der Waals surface area contributed by atoms with E-state index in [0.717, 1.165) is 16.6 Å². The van der Waals surface area contributed by atoms with Gasteiger partial charge in [-0.15, -0.1) is 0 Å². The van der Waals surface area contributed by atoms with Crippen molar-refractivity contribution in [2.45, 2.75) is 6.54 Å². The van der Waals surface area contributed by atoms with Crippen molar-refractivity contribution in [3.63, 3.8) is 0 Å². The van der Waals surface area contributed by atoms with Crippen molar-refractivity contribution >= 4 is 10.9 Å². The Morgan fingerprint density at radius 3 is 2.86 bits per heavy atom. The minimum Gasteiger partial charge on any atom is -0.507 e. The highest BCUT2D eigenvalue weighted by molar-refractivity contribution is 5.87. The molecule has 0 atom stereocenters. The number of nitrogens with two attached hydrogens (primary N) is 1. The Hall–Kier alpha value is -1.68. The molecule has 1 aromatic carbocycles. The van der Waals surface area contributed by atoms with Crippen molar-refractivity contribution in [3.8, 4) is 11.5 Å². The second kappa shape index (κ2) is 3.23. The predicted octanol–water partition coefficient (Wildman–Crippen LogP) is 1.34. The number of nitrogens with one attached hydrogen (secondary N) is 1. The third-order valence-electron chi connectivity index (χ3n) is 2.20. The van der Waals surface area contributed by atoms with Crippen LogP contribution in [-0.2, 0) is 6.54 Å². The van der Waals surface area contributed by atoms with E-state index in [2.05, 4.69) is 4.98 Å². The third-order valence-corrected chi connectivity index (χ3v) is 2.20. The fraction of sp³-hybridized carbons (Fsp3) is 0.200. The molecule has 0 aliphatic carbocycles. The molecule has 0 bridgehead atoms. The summed E-state index contributed by atoms with van der Waals surface area (Å²) in [6, 6.07) is 5.24. The van der Waals surface area contributed by atoms with Crippen LogP contribution in [0.3, 0.4) is 0 Å². The van der Waals surface area contributed by atoms with Gasteiger partial charge >= 0.3 is 0 Å². The molecule has 0 saturated carbocycles. The van der Waals surface area contributed by atoms with Gasteiger partial charge in [0.15, 0.2) is 0 Å². The van der Waals surface area contributed by atoms with Gasteiger partial charge in [-0.1, -0.05) is 0 Å². The minimum atomic E-state index is 0.204. The van der Waals surface area contributed by atoms with Gasteiger partial charge in [-0.2, -0.15) is 0 Å². The van der Waals surface area contributed by atoms with Crippen molar-refractivity contribution < 1.29 is 9.84 Å². The molecule has 1 aromatic heterocycles. The Labute approximate surface area is 81.3 Å². The lowest BCUT2D eigenvalue weighted by Crippen LogP contribution is -1.94. The fourth-order valence-corrected chi connectivity index (χ4v) is 1.48. The summed E-state index contributed by atoms with van der Waals surface area (Å²) in [7, 11) is 1.56. The molecule has 0 spiro atoms. The second-order valence-electron chi connectivity index (χ2n) is 3.11. The molecule has 0 amide bonds. The third kappa shape index (κ3) is 1.29. The lowest BCUT2D eigenvalue weighted by Gasteiger charge is -2.00. The highest BCUT2D eigenvalue weighted by atomic mass is 16.5. The van der Waals surface area contributed by atoms with Crippen LogP contribution in [0.5, 0.6) is 11.5 Å². The summed E-state index contributed by atoms with van der Waals surface area (Å²) >= 11 is 0. The maximum Gasteiger partial charge on any atom is 0.128 e. The Morgan fingerprint density at radius 2 is 2.21 bits per heavy atom. The molecule has 0 saturated heterocycles. The van der Waals surface area contributed by atoms with E-state index >= 15 is 0 Å². The highest BCUT2D eigenvalue weighted by Crippen LogP contribution is 2.30. The van der Waals surface area contributed by atoms with E-state index in [1.54, 1.807) is 13.2 Å². The highest BCUT2D eigenvalue weighted by Gasteiger charge is 2.06. The first-order chi connectivity index (χ1) is 6.74. The number of aromatic amines is 1. The lowest BCUT2D eigenvalue weighted by molar-refractivity contribution is 0.409. The zero-order chi connectivity index (χ0) is 10.1. The largest absolute Gasteiger partial charge is 0.507 e. The van der Waals surface area contributed by atoms with Crippen LogP contribution < -0.4 is 10.5 Å². The number of H-pyrrole nitrogens is 1. The number of hydrogen-bond acceptors (Lipinski definition) is 3. The van der Waals surface area contributed by atoms with Crippen LogP contribution in [0.15, 0.2) is 18.2 Å². The van der Waals surface area contributed by atoms with E-state index in [0.29, 0.717) is 12.3 Å². The smallest absolute Gasteiger partial charge is 0.128 e. The first-order valence-corrected chi connectivity index (χ1v) is 4.33. The number of methoxy groups -OCH3 is 1. The summed E-state index contributed by atoms with van der Waals surface area (Å²) in [6.45, 7) is 0.427. The van der Waals surface area contributed by atoms with E-state index in [-0.39, 0.29) is 5.75 Å². The van der Waals surface area contributed by atoms with Gasteiger partial charge in [0.1, 0.15) is 11.5 Å². The SMILES string of the molecule is COc1cc(O)c2cc(CN)[nH]c2c1. The quantitative estimate of drug-likeness (QED) is 0.672. The molecule has 0 unspecified atom stereocenters. The fourth-order valence-electron chi connectivity index (χ4n) is 1.48. The minimum absolute atomic E-state index is 0.204. The molecular formula is C10H12N2O2. The van der Waals surface area contributed by atoms with Crippen LogP contribution in [-0.4, -0.2) is 17.2 Å². The zero-order valence-electron chi connectivity index (χ0n) is 7.87. The molecule has 4 N–H and O–H groups in total. The van der Waals surface area contributed by atoms with Gasteiger partial charge in [0.25, 0.3) is 0 Å². The van der Waals surface area contributed by atoms with Crippen LogP contribution >= 0.6 is 0 Å². The van der Waals surface area contributed by atoms with Gasteiger partial charge < -0.3 is 20.6 Å². The normalized spacial score (nSPS) is 10.7. The van der Waals surface area contributed by atoms with Crippen LogP contribution in [0.1, 0.15) is 5.69 Å². The van der Waals surface area contributed by atoms with Crippen molar-refractivity contribution in [2.75, 3.05) is 7.11 Å². The molecule has 2 aromatic rings. The standard InChI is InChI=1S/C10H12N2O2/c1-14-7-3-9-8(10(13)4-7)2-6(5-11)12-9/h2-4,12-13H,5,11H2,1H3. The summed E-state index contributed by atoms with van der Waals surface area (Å²) in [5, 5.41) is 10.4. The van der Waals surface area contributed by atoms with Gasteiger partial charge in [0, 0.05) is 29.8 Å². The second-order valence-corrected chi connectivity index (χ2v) is 3.11. The first kappa shape index (κ1) is 8.90. The summed E-state index contributed by atoms with van der Waals surface area (Å²) in [5.41, 5.74) is 7.22. The van der Waals surface area contributed by atoms with Gasteiger partial charge in [-0.25, -0.2) is 0 Å². The summed E-state index contributed by atoms with van der Waals surface area (Å²) in [6.07, 6.45) is 0. The molecule has 0 radical (unpaired) electrons. The van der Waals surface area contributed by atoms with E-state index in [1.807, 2.05) is 12.1 Å². The number of aromatic hydroxyl groups is 1. The van der Waals surface area contributed by atoms with Crippen molar-refractivity contribution in [2.24, 2.45) is 5.73 Å². The van der Waals surface area contributed by atoms with E-state index in [4.69, 9.17) is 10.5 Å². The molecule has 2 rings (SSSR count). The lowest BCUT2D eigenvalue weighted by atomic mass is 10.2. The van der Waals surface area contributed by atoms with Crippen LogP contribution in [0.25, 0.3) is 10.9 Å². The average Bonchev–Trinajstić information content (AvgIpc) is 2.61. The Morgan fingerprint density at radius 1 is 1.43 bits per heavy atom. The number of aromatic nitrogens is 1. The molecule has 0 fully saturated rings. The molecule has 4 nitrogen and oxygen atoms in total. The summed E-state index contributed by atoms with van der Waals surface area (Å²) in [5.74, 6) is 0.829. The van der Waals surface area contributed by atoms with Crippen molar-refractivity contribution in [1.29, 1.82) is 0 Å². The van der Waals surface area contributed by atoms with Gasteiger partial charge in [-0.3, -0.25) is 0 Å². The predicted molar refractivity (Wildman–Crippen MR) is 54.4 cm³/mol. The molecule has 14 heavy (non-hydrogen) atoms. The first-order valence-electron chi connectivity index (χ1n) is 4.33. The monoisotopic (exact) mass is 192 g/mol. The Bertz CT molecular complexity index is 462. The van der Waals surface area contributed by atoms with Crippen LogP contribution in [0.4, 0.5) is 0 Å². The van der Waals surface area contributed by atoms with Gasteiger partial charge in [0.05, 0.1) is 12.6 Å².